The van der Waals surface area contributed by atoms with Crippen molar-refractivity contribution in [2.24, 2.45) is 16.8 Å². The largest absolute Gasteiger partial charge is 0.389 e. The standard InChI is InChI=1S/C26H22ClF6N3O3/c1-13-4-2-5-14(12-13)19-17-6-3-7-18(27)20(17)35-22(37)21(34-19)36-23(38)15(8-10-25(28,29)30)16(24(36)39)9-11-26(31,32)33/h2-7,12,15-16,21H,8-11H2,1H3,(H,35,37)/t15-,16+,21-/m0/s1. The van der Waals surface area contributed by atoms with Crippen molar-refractivity contribution in [3.05, 3.63) is 64.2 Å². The molecule has 1 fully saturated rings. The number of halogens is 7. The van der Waals surface area contributed by atoms with Gasteiger partial charge in [0, 0.05) is 24.0 Å². The molecule has 39 heavy (non-hydrogen) atoms. The van der Waals surface area contributed by atoms with Gasteiger partial charge in [0.1, 0.15) is 0 Å². The van der Waals surface area contributed by atoms with Crippen molar-refractivity contribution in [3.8, 4) is 0 Å². The molecule has 2 aliphatic heterocycles. The van der Waals surface area contributed by atoms with Crippen LogP contribution in [0.15, 0.2) is 47.5 Å². The van der Waals surface area contributed by atoms with Crippen LogP contribution in [0.4, 0.5) is 32.0 Å². The average Bonchev–Trinajstić information content (AvgIpc) is 2.95. The highest BCUT2D eigenvalue weighted by atomic mass is 35.5. The van der Waals surface area contributed by atoms with Crippen LogP contribution in [0.1, 0.15) is 42.4 Å². The molecular weight excluding hydrogens is 552 g/mol. The molecule has 0 radical (unpaired) electrons. The van der Waals surface area contributed by atoms with Gasteiger partial charge in [-0.2, -0.15) is 26.3 Å². The third kappa shape index (κ3) is 6.26. The zero-order chi connectivity index (χ0) is 28.7. The highest BCUT2D eigenvalue weighted by Gasteiger charge is 2.53. The van der Waals surface area contributed by atoms with Crippen LogP contribution in [0, 0.1) is 18.8 Å². The lowest BCUT2D eigenvalue weighted by Gasteiger charge is -2.22. The Kier molecular flexibility index (Phi) is 7.79. The van der Waals surface area contributed by atoms with E-state index in [1.807, 2.05) is 0 Å². The Balaban J connectivity index is 1.80. The maximum atomic E-state index is 13.3. The van der Waals surface area contributed by atoms with Crippen molar-refractivity contribution in [3.63, 3.8) is 0 Å². The third-order valence-corrected chi connectivity index (χ3v) is 6.93. The van der Waals surface area contributed by atoms with Gasteiger partial charge in [-0.05, 0) is 31.9 Å². The molecule has 0 saturated carbocycles. The van der Waals surface area contributed by atoms with E-state index in [-0.39, 0.29) is 16.4 Å². The summed E-state index contributed by atoms with van der Waals surface area (Å²) in [6, 6.07) is 11.6. The smallest absolute Gasteiger partial charge is 0.321 e. The second kappa shape index (κ2) is 10.6. The Morgan fingerprint density at radius 3 is 2.00 bits per heavy atom. The molecule has 2 heterocycles. The van der Waals surface area contributed by atoms with Crippen LogP contribution in [0.3, 0.4) is 0 Å². The van der Waals surface area contributed by atoms with Gasteiger partial charge in [0.05, 0.1) is 28.3 Å². The van der Waals surface area contributed by atoms with Crippen LogP contribution >= 0.6 is 11.6 Å². The molecule has 3 atom stereocenters. The van der Waals surface area contributed by atoms with Crippen molar-refractivity contribution in [1.82, 2.24) is 4.90 Å². The van der Waals surface area contributed by atoms with Gasteiger partial charge in [-0.15, -0.1) is 0 Å². The number of benzene rings is 2. The molecule has 4 rings (SSSR count). The molecule has 0 spiro atoms. The lowest BCUT2D eigenvalue weighted by molar-refractivity contribution is -0.147. The maximum Gasteiger partial charge on any atom is 0.389 e. The predicted octanol–water partition coefficient (Wildman–Crippen LogP) is 6.05. The fourth-order valence-electron chi connectivity index (χ4n) is 4.82. The number of anilines is 1. The Hall–Kier alpha value is -3.41. The summed E-state index contributed by atoms with van der Waals surface area (Å²) in [5.41, 5.74) is 1.94. The molecule has 2 aromatic carbocycles. The first kappa shape index (κ1) is 28.6. The lowest BCUT2D eigenvalue weighted by Crippen LogP contribution is -2.46. The molecule has 13 heteroatoms. The number of aliphatic imine (C=N–C) groups is 1. The van der Waals surface area contributed by atoms with Crippen molar-refractivity contribution in [2.45, 2.75) is 51.1 Å². The number of para-hydroxylation sites is 1. The lowest BCUT2D eigenvalue weighted by atomic mass is 9.87. The molecule has 1 saturated heterocycles. The quantitative estimate of drug-likeness (QED) is 0.338. The summed E-state index contributed by atoms with van der Waals surface area (Å²) in [6.07, 6.45) is -16.1. The number of benzodiazepines with no additional fused rings is 1. The number of likely N-dealkylation sites (tertiary alicyclic amines) is 1. The minimum Gasteiger partial charge on any atom is -0.321 e. The van der Waals surface area contributed by atoms with Crippen molar-refractivity contribution in [1.29, 1.82) is 0 Å². The Morgan fingerprint density at radius 2 is 1.46 bits per heavy atom. The number of aryl methyl sites for hydroxylation is 1. The first-order chi connectivity index (χ1) is 18.2. The van der Waals surface area contributed by atoms with Crippen molar-refractivity contribution < 1.29 is 40.7 Å². The minimum absolute atomic E-state index is 0.118. The molecule has 0 bridgehead atoms. The highest BCUT2D eigenvalue weighted by Crippen LogP contribution is 2.40. The number of hydrogen-bond donors (Lipinski definition) is 1. The molecule has 0 unspecified atom stereocenters. The number of rotatable bonds is 6. The number of nitrogens with one attached hydrogen (secondary N) is 1. The van der Waals surface area contributed by atoms with Crippen LogP contribution in [-0.4, -0.2) is 46.9 Å². The van der Waals surface area contributed by atoms with E-state index in [2.05, 4.69) is 10.3 Å². The summed E-state index contributed by atoms with van der Waals surface area (Å²) in [4.78, 5) is 44.8. The summed E-state index contributed by atoms with van der Waals surface area (Å²) < 4.78 is 77.9. The highest BCUT2D eigenvalue weighted by molar-refractivity contribution is 6.36. The Morgan fingerprint density at radius 1 is 0.897 bits per heavy atom. The molecule has 6 nitrogen and oxygen atoms in total. The first-order valence-electron chi connectivity index (χ1n) is 11.9. The number of carbonyl (C=O) groups excluding carboxylic acids is 3. The summed E-state index contributed by atoms with van der Waals surface area (Å²) in [5.74, 6) is -6.73. The van der Waals surface area contributed by atoms with E-state index in [9.17, 15) is 40.7 Å². The van der Waals surface area contributed by atoms with Gasteiger partial charge in [0.15, 0.2) is 0 Å². The molecule has 3 amide bonds. The number of hydrogen-bond acceptors (Lipinski definition) is 4. The van der Waals surface area contributed by atoms with Crippen molar-refractivity contribution >= 4 is 40.7 Å². The molecule has 2 aromatic rings. The van der Waals surface area contributed by atoms with Gasteiger partial charge in [-0.3, -0.25) is 14.4 Å². The second-order valence-corrected chi connectivity index (χ2v) is 9.85. The van der Waals surface area contributed by atoms with Gasteiger partial charge in [0.25, 0.3) is 5.91 Å². The third-order valence-electron chi connectivity index (χ3n) is 6.61. The van der Waals surface area contributed by atoms with Crippen LogP contribution in [0.5, 0.6) is 0 Å². The van der Waals surface area contributed by atoms with Crippen molar-refractivity contribution in [2.75, 3.05) is 5.32 Å². The Bertz CT molecular complexity index is 1300. The average molecular weight is 574 g/mol. The molecule has 1 N–H and O–H groups in total. The molecule has 208 valence electrons. The topological polar surface area (TPSA) is 78.8 Å². The maximum absolute atomic E-state index is 13.3. The zero-order valence-corrected chi connectivity index (χ0v) is 21.1. The summed E-state index contributed by atoms with van der Waals surface area (Å²) >= 11 is 6.31. The molecular formula is C26H22ClF6N3O3. The SMILES string of the molecule is Cc1cccc(C2=N[C@@H](N3C(=O)[C@@H](CCC(F)(F)F)[C@@H](CCC(F)(F)F)C3=O)C(=O)Nc3c(Cl)cccc32)c1. The molecule has 0 aliphatic carbocycles. The van der Waals surface area contributed by atoms with Gasteiger partial charge in [0.2, 0.25) is 18.0 Å². The molecule has 0 aromatic heterocycles. The van der Waals surface area contributed by atoms with Crippen LogP contribution < -0.4 is 5.32 Å². The van der Waals surface area contributed by atoms with E-state index in [0.717, 1.165) is 5.56 Å². The fraction of sp³-hybridized carbons (Fsp3) is 0.385. The van der Waals surface area contributed by atoms with Crippen LogP contribution in [-0.2, 0) is 14.4 Å². The number of amides is 3. The number of nitrogens with zero attached hydrogens (tertiary/aromatic N) is 2. The van der Waals surface area contributed by atoms with Gasteiger partial charge < -0.3 is 5.32 Å². The van der Waals surface area contributed by atoms with E-state index < -0.39 is 73.8 Å². The first-order valence-corrected chi connectivity index (χ1v) is 12.3. The molecule has 2 aliphatic rings. The predicted molar refractivity (Wildman–Crippen MR) is 130 cm³/mol. The zero-order valence-electron chi connectivity index (χ0n) is 20.4. The van der Waals surface area contributed by atoms with Gasteiger partial charge in [-0.25, -0.2) is 9.89 Å². The normalized spacial score (nSPS) is 21.9. The Labute approximate surface area is 224 Å². The second-order valence-electron chi connectivity index (χ2n) is 9.44. The van der Waals surface area contributed by atoms with E-state index in [1.165, 1.54) is 6.07 Å². The summed E-state index contributed by atoms with van der Waals surface area (Å²) in [6.45, 7) is 1.80. The summed E-state index contributed by atoms with van der Waals surface area (Å²) in [5, 5.41) is 2.64. The van der Waals surface area contributed by atoms with E-state index >= 15 is 0 Å². The van der Waals surface area contributed by atoms with Gasteiger partial charge in [-0.1, -0.05) is 47.5 Å². The fourth-order valence-corrected chi connectivity index (χ4v) is 5.04. The number of imide groups is 1. The number of alkyl halides is 6. The van der Waals surface area contributed by atoms with Crippen LogP contribution in [0.25, 0.3) is 0 Å². The van der Waals surface area contributed by atoms with E-state index in [1.54, 1.807) is 43.3 Å². The van der Waals surface area contributed by atoms with Crippen LogP contribution in [0.2, 0.25) is 5.02 Å². The monoisotopic (exact) mass is 573 g/mol. The number of carbonyl (C=O) groups is 3. The summed E-state index contributed by atoms with van der Waals surface area (Å²) in [7, 11) is 0. The van der Waals surface area contributed by atoms with Gasteiger partial charge >= 0.3 is 12.4 Å². The van der Waals surface area contributed by atoms with E-state index in [4.69, 9.17) is 11.6 Å². The van der Waals surface area contributed by atoms with E-state index in [0.29, 0.717) is 16.0 Å². The minimum atomic E-state index is -4.71. The number of fused-ring (bicyclic) bond motifs is 1.